The standard InChI is InChI=1S/C14H15Cl2N3O2/c1-7-13(8(2)19-18-7)17-14(20)9(3)21-11-6-4-5-10(15)12(11)16/h4-6,9H,1-3H3,(H,17,20)(H,18,19)/t9-/m1/s1. The first-order valence-electron chi connectivity index (χ1n) is 6.33. The van der Waals surface area contributed by atoms with Gasteiger partial charge in [-0.15, -0.1) is 0 Å². The fraction of sp³-hybridized carbons (Fsp3) is 0.286. The number of amides is 1. The average molecular weight is 328 g/mol. The fourth-order valence-corrected chi connectivity index (χ4v) is 2.12. The van der Waals surface area contributed by atoms with Gasteiger partial charge in [0.1, 0.15) is 10.8 Å². The molecule has 0 aliphatic rings. The number of nitrogens with one attached hydrogen (secondary N) is 2. The number of aromatic nitrogens is 2. The molecule has 2 N–H and O–H groups in total. The van der Waals surface area contributed by atoms with E-state index in [4.69, 9.17) is 27.9 Å². The second-order valence-corrected chi connectivity index (χ2v) is 5.40. The number of nitrogens with zero attached hydrogens (tertiary/aromatic N) is 1. The normalized spacial score (nSPS) is 12.0. The Labute approximate surface area is 132 Å². The first-order valence-corrected chi connectivity index (χ1v) is 7.09. The van der Waals surface area contributed by atoms with Crippen molar-refractivity contribution in [2.45, 2.75) is 26.9 Å². The molecule has 5 nitrogen and oxygen atoms in total. The van der Waals surface area contributed by atoms with Gasteiger partial charge in [0, 0.05) is 0 Å². The van der Waals surface area contributed by atoms with Gasteiger partial charge in [-0.25, -0.2) is 0 Å². The summed E-state index contributed by atoms with van der Waals surface area (Å²) in [5.74, 6) is 0.0751. The van der Waals surface area contributed by atoms with E-state index in [-0.39, 0.29) is 10.9 Å². The summed E-state index contributed by atoms with van der Waals surface area (Å²) in [6.07, 6.45) is -0.727. The number of hydrogen-bond acceptors (Lipinski definition) is 3. The molecule has 0 saturated heterocycles. The summed E-state index contributed by atoms with van der Waals surface area (Å²) in [6.45, 7) is 5.27. The lowest BCUT2D eigenvalue weighted by Gasteiger charge is -2.16. The van der Waals surface area contributed by atoms with Gasteiger partial charge in [-0.05, 0) is 32.9 Å². The molecular formula is C14H15Cl2N3O2. The molecule has 2 aromatic rings. The van der Waals surface area contributed by atoms with E-state index in [2.05, 4.69) is 15.5 Å². The van der Waals surface area contributed by atoms with Crippen molar-refractivity contribution in [1.29, 1.82) is 0 Å². The van der Waals surface area contributed by atoms with Gasteiger partial charge in [0.25, 0.3) is 5.91 Å². The Morgan fingerprint density at radius 3 is 2.71 bits per heavy atom. The van der Waals surface area contributed by atoms with Gasteiger partial charge in [0.2, 0.25) is 0 Å². The smallest absolute Gasteiger partial charge is 0.265 e. The van der Waals surface area contributed by atoms with Crippen LogP contribution in [-0.2, 0) is 4.79 Å². The Balaban J connectivity index is 2.08. The number of aromatic amines is 1. The molecule has 0 unspecified atom stereocenters. The molecule has 0 radical (unpaired) electrons. The quantitative estimate of drug-likeness (QED) is 0.898. The maximum Gasteiger partial charge on any atom is 0.265 e. The highest BCUT2D eigenvalue weighted by atomic mass is 35.5. The first-order chi connectivity index (χ1) is 9.90. The van der Waals surface area contributed by atoms with Crippen molar-refractivity contribution >= 4 is 34.8 Å². The van der Waals surface area contributed by atoms with Crippen LogP contribution < -0.4 is 10.1 Å². The minimum Gasteiger partial charge on any atom is -0.479 e. The van der Waals surface area contributed by atoms with E-state index in [0.717, 1.165) is 5.69 Å². The van der Waals surface area contributed by atoms with E-state index in [1.165, 1.54) is 0 Å². The van der Waals surface area contributed by atoms with Gasteiger partial charge in [-0.1, -0.05) is 29.3 Å². The molecule has 0 aliphatic carbocycles. The molecule has 0 spiro atoms. The van der Waals surface area contributed by atoms with Gasteiger partial charge in [-0.2, -0.15) is 5.10 Å². The summed E-state index contributed by atoms with van der Waals surface area (Å²) < 4.78 is 5.56. The lowest BCUT2D eigenvalue weighted by molar-refractivity contribution is -0.122. The van der Waals surface area contributed by atoms with Crippen LogP contribution in [0, 0.1) is 13.8 Å². The van der Waals surface area contributed by atoms with Crippen LogP contribution in [0.3, 0.4) is 0 Å². The van der Waals surface area contributed by atoms with Crippen molar-refractivity contribution in [2.24, 2.45) is 0 Å². The van der Waals surface area contributed by atoms with Crippen LogP contribution in [0.15, 0.2) is 18.2 Å². The topological polar surface area (TPSA) is 67.0 Å². The number of carbonyl (C=O) groups is 1. The Hall–Kier alpha value is -1.72. The molecule has 7 heteroatoms. The second-order valence-electron chi connectivity index (χ2n) is 4.61. The zero-order valence-corrected chi connectivity index (χ0v) is 13.3. The highest BCUT2D eigenvalue weighted by Gasteiger charge is 2.19. The molecule has 0 fully saturated rings. The van der Waals surface area contributed by atoms with E-state index in [1.807, 2.05) is 6.92 Å². The number of halogens is 2. The number of hydrogen-bond donors (Lipinski definition) is 2. The van der Waals surface area contributed by atoms with Gasteiger partial charge in [0.15, 0.2) is 6.10 Å². The number of ether oxygens (including phenoxy) is 1. The van der Waals surface area contributed by atoms with E-state index in [1.54, 1.807) is 32.0 Å². The Morgan fingerprint density at radius 1 is 1.38 bits per heavy atom. The van der Waals surface area contributed by atoms with Crippen LogP contribution >= 0.6 is 23.2 Å². The molecule has 1 amide bonds. The van der Waals surface area contributed by atoms with Gasteiger partial charge in [0.05, 0.1) is 22.1 Å². The zero-order valence-electron chi connectivity index (χ0n) is 11.8. The maximum atomic E-state index is 12.2. The molecule has 1 atom stereocenters. The summed E-state index contributed by atoms with van der Waals surface area (Å²) in [5.41, 5.74) is 2.16. The monoisotopic (exact) mass is 327 g/mol. The molecule has 0 saturated carbocycles. The van der Waals surface area contributed by atoms with Gasteiger partial charge < -0.3 is 10.1 Å². The van der Waals surface area contributed by atoms with Gasteiger partial charge in [-0.3, -0.25) is 9.89 Å². The number of benzene rings is 1. The summed E-state index contributed by atoms with van der Waals surface area (Å²) in [7, 11) is 0. The second kappa shape index (κ2) is 6.37. The third-order valence-corrected chi connectivity index (χ3v) is 3.77. The van der Waals surface area contributed by atoms with Crippen molar-refractivity contribution in [3.63, 3.8) is 0 Å². The number of H-pyrrole nitrogens is 1. The summed E-state index contributed by atoms with van der Waals surface area (Å²) >= 11 is 11.9. The van der Waals surface area contributed by atoms with Crippen molar-refractivity contribution in [3.8, 4) is 5.75 Å². The Kier molecular flexibility index (Phi) is 4.75. The zero-order chi connectivity index (χ0) is 15.6. The number of anilines is 1. The fourth-order valence-electron chi connectivity index (χ4n) is 1.78. The molecule has 0 bridgehead atoms. The van der Waals surface area contributed by atoms with Crippen LogP contribution in [0.5, 0.6) is 5.75 Å². The Bertz CT molecular complexity index is 651. The third kappa shape index (κ3) is 3.49. The van der Waals surface area contributed by atoms with Gasteiger partial charge >= 0.3 is 0 Å². The number of rotatable bonds is 4. The highest BCUT2D eigenvalue weighted by Crippen LogP contribution is 2.32. The predicted molar refractivity (Wildman–Crippen MR) is 83.2 cm³/mol. The molecular weight excluding hydrogens is 313 g/mol. The van der Waals surface area contributed by atoms with Crippen LogP contribution in [0.25, 0.3) is 0 Å². The lowest BCUT2D eigenvalue weighted by atomic mass is 10.3. The molecule has 0 aliphatic heterocycles. The molecule has 1 aromatic heterocycles. The van der Waals surface area contributed by atoms with Crippen LogP contribution in [0.2, 0.25) is 10.0 Å². The van der Waals surface area contributed by atoms with Crippen molar-refractivity contribution in [3.05, 3.63) is 39.6 Å². The van der Waals surface area contributed by atoms with Crippen molar-refractivity contribution in [1.82, 2.24) is 10.2 Å². The minimum absolute atomic E-state index is 0.287. The van der Waals surface area contributed by atoms with E-state index >= 15 is 0 Å². The minimum atomic E-state index is -0.727. The lowest BCUT2D eigenvalue weighted by Crippen LogP contribution is -2.30. The summed E-state index contributed by atoms with van der Waals surface area (Å²) in [6, 6.07) is 5.02. The van der Waals surface area contributed by atoms with Crippen LogP contribution in [0.4, 0.5) is 5.69 Å². The molecule has 112 valence electrons. The van der Waals surface area contributed by atoms with Crippen LogP contribution in [-0.4, -0.2) is 22.2 Å². The molecule has 2 rings (SSSR count). The number of carbonyl (C=O) groups excluding carboxylic acids is 1. The summed E-state index contributed by atoms with van der Waals surface area (Å²) in [4.78, 5) is 12.2. The van der Waals surface area contributed by atoms with Crippen molar-refractivity contribution in [2.75, 3.05) is 5.32 Å². The van der Waals surface area contributed by atoms with Crippen LogP contribution in [0.1, 0.15) is 18.3 Å². The first kappa shape index (κ1) is 15.7. The maximum absolute atomic E-state index is 12.2. The van der Waals surface area contributed by atoms with E-state index in [9.17, 15) is 4.79 Å². The Morgan fingerprint density at radius 2 is 2.10 bits per heavy atom. The van der Waals surface area contributed by atoms with E-state index < -0.39 is 6.10 Å². The van der Waals surface area contributed by atoms with Crippen molar-refractivity contribution < 1.29 is 9.53 Å². The molecule has 1 heterocycles. The largest absolute Gasteiger partial charge is 0.479 e. The number of aryl methyl sites for hydroxylation is 2. The third-order valence-electron chi connectivity index (χ3n) is 2.97. The molecule has 21 heavy (non-hydrogen) atoms. The SMILES string of the molecule is Cc1n[nH]c(C)c1NC(=O)[C@@H](C)Oc1cccc(Cl)c1Cl. The highest BCUT2D eigenvalue weighted by molar-refractivity contribution is 6.42. The average Bonchev–Trinajstić information content (AvgIpc) is 2.75. The van der Waals surface area contributed by atoms with E-state index in [0.29, 0.717) is 22.2 Å². The predicted octanol–water partition coefficient (Wildman–Crippen LogP) is 3.74. The molecule has 1 aromatic carbocycles. The summed E-state index contributed by atoms with van der Waals surface area (Å²) in [5, 5.41) is 10.3.